The van der Waals surface area contributed by atoms with Crippen molar-refractivity contribution < 1.29 is 0 Å². The van der Waals surface area contributed by atoms with Gasteiger partial charge in [-0.1, -0.05) is 0 Å². The summed E-state index contributed by atoms with van der Waals surface area (Å²) in [4.78, 5) is 3.25. The average molecular weight is 292 g/mol. The third-order valence-electron chi connectivity index (χ3n) is 0. The quantitative estimate of drug-likeness (QED) is 0.300. The van der Waals surface area contributed by atoms with Gasteiger partial charge >= 0.3 is 0 Å². The van der Waals surface area contributed by atoms with E-state index in [0.29, 0.717) is 0 Å². The summed E-state index contributed by atoms with van der Waals surface area (Å²) >= 11 is 0. The van der Waals surface area contributed by atoms with E-state index in [-0.39, 0.29) is 27.3 Å². The van der Waals surface area contributed by atoms with Crippen LogP contribution < -0.4 is 0 Å². The Bertz CT molecular complexity index is 58.2. The Labute approximate surface area is 59.5 Å². The van der Waals surface area contributed by atoms with E-state index < -0.39 is 0 Å². The first kappa shape index (κ1) is 16.0. The van der Waals surface area contributed by atoms with Gasteiger partial charge in [0.1, 0.15) is 0 Å². The summed E-state index contributed by atoms with van der Waals surface area (Å²) in [5, 5.41) is 0. The standard InChI is InChI=1S/HN3.N3.Pb/c2*1-3-2;/h1H;;/q;-1;. The average Bonchev–Trinajstić information content (AvgIpc) is 1.39. The van der Waals surface area contributed by atoms with Crippen molar-refractivity contribution in [3.05, 3.63) is 26.4 Å². The van der Waals surface area contributed by atoms with Crippen LogP contribution in [0.5, 0.6) is 0 Å². The molecule has 7 heavy (non-hydrogen) atoms. The fraction of sp³-hybridized carbons (Fsp3) is 0. The molecular formula is HN6Pb-. The van der Waals surface area contributed by atoms with Crippen molar-refractivity contribution in [2.45, 2.75) is 0 Å². The van der Waals surface area contributed by atoms with E-state index in [1.807, 2.05) is 0 Å². The van der Waals surface area contributed by atoms with Gasteiger partial charge in [0.05, 0.1) is 0 Å². The van der Waals surface area contributed by atoms with E-state index in [2.05, 4.69) is 0 Å². The Morgan fingerprint density at radius 3 is 1.14 bits per heavy atom. The summed E-state index contributed by atoms with van der Waals surface area (Å²) in [5.74, 6) is 0. The second kappa shape index (κ2) is 48.1. The molecule has 1 N–H and O–H groups in total. The number of hydrogen-bond donors (Lipinski definition) is 1. The molecule has 0 rings (SSSR count). The topological polar surface area (TPSA) is 119 Å². The van der Waals surface area contributed by atoms with E-state index in [1.54, 1.807) is 4.91 Å². The molecule has 0 bridgehead atoms. The first-order valence-corrected chi connectivity index (χ1v) is 0.824. The first-order chi connectivity index (χ1) is 2.83. The van der Waals surface area contributed by atoms with Crippen LogP contribution in [0.4, 0.5) is 0 Å². The summed E-state index contributed by atoms with van der Waals surface area (Å²) < 4.78 is 0. The zero-order valence-corrected chi connectivity index (χ0v) is 7.12. The molecule has 6 nitrogen and oxygen atoms in total. The Balaban J connectivity index is -0.0000000400. The van der Waals surface area contributed by atoms with E-state index >= 15 is 0 Å². The third-order valence-corrected chi connectivity index (χ3v) is 0. The Hall–Kier alpha value is -0.458. The molecule has 0 aromatic rings. The maximum atomic E-state index is 6.86. The molecule has 0 aliphatic rings. The van der Waals surface area contributed by atoms with Gasteiger partial charge in [-0.05, 0) is 10.4 Å². The molecule has 36 valence electrons. The minimum absolute atomic E-state index is 0. The second-order valence-corrected chi connectivity index (χ2v) is 0.189. The Morgan fingerprint density at radius 2 is 1.14 bits per heavy atom. The van der Waals surface area contributed by atoms with Gasteiger partial charge in [0, 0.05) is 27.3 Å². The SMILES string of the molecule is [N-]=[N+]=N.[N-]=[N+]=[N-].[Pb]. The molecular weight excluding hydrogens is 291 g/mol. The first-order valence-electron chi connectivity index (χ1n) is 0.824. The molecule has 0 aliphatic heterocycles. The second-order valence-electron chi connectivity index (χ2n) is 0.189. The van der Waals surface area contributed by atoms with Crippen LogP contribution in [0.2, 0.25) is 0 Å². The molecule has 0 saturated heterocycles. The molecule has 0 fully saturated rings. The van der Waals surface area contributed by atoms with Gasteiger partial charge in [0.2, 0.25) is 0 Å². The molecule has 0 heterocycles. The molecule has 0 aromatic carbocycles. The Morgan fingerprint density at radius 1 is 1.14 bits per heavy atom. The predicted molar refractivity (Wildman–Crippen MR) is 25.3 cm³/mol. The molecule has 0 amide bonds. The van der Waals surface area contributed by atoms with Crippen LogP contribution in [0.15, 0.2) is 0 Å². The maximum Gasteiger partial charge on any atom is 0 e. The number of nitrogens with zero attached hydrogens (tertiary/aromatic N) is 5. The molecule has 0 saturated carbocycles. The minimum atomic E-state index is 0. The monoisotopic (exact) mass is 293 g/mol. The largest absolute Gasteiger partial charge is 0.373 e. The van der Waals surface area contributed by atoms with Crippen molar-refractivity contribution in [2.24, 2.45) is 0 Å². The van der Waals surface area contributed by atoms with Crippen LogP contribution in [-0.2, 0) is 0 Å². The van der Waals surface area contributed by atoms with E-state index in [1.165, 1.54) is 4.91 Å². The Kier molecular flexibility index (Phi) is 110. The zero-order valence-electron chi connectivity index (χ0n) is 3.24. The van der Waals surface area contributed by atoms with Crippen molar-refractivity contribution >= 4 is 27.3 Å². The van der Waals surface area contributed by atoms with Crippen LogP contribution in [-0.4, -0.2) is 27.3 Å². The van der Waals surface area contributed by atoms with Crippen molar-refractivity contribution in [1.82, 2.24) is 0 Å². The summed E-state index contributed by atoms with van der Waals surface area (Å²) in [6, 6.07) is 0. The van der Waals surface area contributed by atoms with Crippen molar-refractivity contribution in [3.63, 3.8) is 0 Å². The number of rotatable bonds is 0. The predicted octanol–water partition coefficient (Wildman–Crippen LogP) is 1.36. The molecule has 0 unspecified atom stereocenters. The van der Waals surface area contributed by atoms with Gasteiger partial charge in [-0.2, -0.15) is 0 Å². The van der Waals surface area contributed by atoms with Crippen LogP contribution in [0.3, 0.4) is 0 Å². The van der Waals surface area contributed by atoms with E-state index in [0.717, 1.165) is 0 Å². The molecule has 7 heteroatoms. The van der Waals surface area contributed by atoms with Crippen molar-refractivity contribution in [2.75, 3.05) is 0 Å². The van der Waals surface area contributed by atoms with Crippen molar-refractivity contribution in [1.29, 1.82) is 5.53 Å². The van der Waals surface area contributed by atoms with Crippen LogP contribution in [0, 0.1) is 5.53 Å². The van der Waals surface area contributed by atoms with Crippen molar-refractivity contribution in [3.8, 4) is 0 Å². The molecule has 4 radical (unpaired) electrons. The van der Waals surface area contributed by atoms with Gasteiger partial charge in [0.15, 0.2) is 0 Å². The molecule has 0 aromatic heterocycles. The minimum Gasteiger partial charge on any atom is -0.373 e. The van der Waals surface area contributed by atoms with E-state index in [9.17, 15) is 0 Å². The molecule has 0 atom stereocenters. The van der Waals surface area contributed by atoms with Crippen LogP contribution >= 0.6 is 0 Å². The maximum absolute atomic E-state index is 6.86. The summed E-state index contributed by atoms with van der Waals surface area (Å²) in [6.45, 7) is 0. The van der Waals surface area contributed by atoms with Gasteiger partial charge in [0.25, 0.3) is 0 Å². The fourth-order valence-electron chi connectivity index (χ4n) is 0. The normalized spacial score (nSPS) is 2.29. The van der Waals surface area contributed by atoms with Crippen LogP contribution in [0.1, 0.15) is 0 Å². The summed E-state index contributed by atoms with van der Waals surface area (Å²) in [6.07, 6.45) is 0. The fourth-order valence-corrected chi connectivity index (χ4v) is 0. The number of nitrogens with one attached hydrogen (secondary N) is 1. The molecule has 0 aliphatic carbocycles. The van der Waals surface area contributed by atoms with Gasteiger partial charge in [-0.25, -0.2) is 0 Å². The van der Waals surface area contributed by atoms with E-state index in [4.69, 9.17) is 22.1 Å². The zero-order chi connectivity index (χ0) is 5.41. The van der Waals surface area contributed by atoms with Gasteiger partial charge in [-0.3, -0.25) is 4.91 Å². The summed E-state index contributed by atoms with van der Waals surface area (Å²) in [7, 11) is 0. The summed E-state index contributed by atoms with van der Waals surface area (Å²) in [5.41, 5.74) is 25.8. The smallest absolute Gasteiger partial charge is 0 e. The third kappa shape index (κ3) is 332. The molecule has 0 spiro atoms. The number of hydrogen-bond acceptors (Lipinski definition) is 1. The van der Waals surface area contributed by atoms with Gasteiger partial charge < -0.3 is 11.1 Å². The van der Waals surface area contributed by atoms with Crippen LogP contribution in [0.25, 0.3) is 26.4 Å². The van der Waals surface area contributed by atoms with Gasteiger partial charge in [-0.15, -0.1) is 5.53 Å².